The summed E-state index contributed by atoms with van der Waals surface area (Å²) in [5, 5.41) is 3.67. The molecule has 1 atom stereocenters. The first-order chi connectivity index (χ1) is 10.1. The van der Waals surface area contributed by atoms with Crippen LogP contribution < -0.4 is 5.32 Å². The third-order valence-corrected chi connectivity index (χ3v) is 4.80. The molecule has 1 aliphatic carbocycles. The van der Waals surface area contributed by atoms with Crippen molar-refractivity contribution in [2.24, 2.45) is 5.92 Å². The lowest BCUT2D eigenvalue weighted by molar-refractivity contribution is -0.141. The van der Waals surface area contributed by atoms with Gasteiger partial charge in [0.05, 0.1) is 0 Å². The van der Waals surface area contributed by atoms with Crippen molar-refractivity contribution < 1.29 is 9.18 Å². The maximum atomic E-state index is 14.0. The number of hydrogen-bond acceptors (Lipinski definition) is 2. The first-order valence-corrected chi connectivity index (χ1v) is 7.98. The van der Waals surface area contributed by atoms with Crippen molar-refractivity contribution in [1.29, 1.82) is 0 Å². The van der Waals surface area contributed by atoms with Gasteiger partial charge in [0.15, 0.2) is 0 Å². The second-order valence-electron chi connectivity index (χ2n) is 5.98. The van der Waals surface area contributed by atoms with Gasteiger partial charge in [-0.1, -0.05) is 24.1 Å². The number of carbonyl (C=O) groups excluding carboxylic acids is 1. The zero-order valence-electron chi connectivity index (χ0n) is 11.9. The van der Waals surface area contributed by atoms with Gasteiger partial charge >= 0.3 is 0 Å². The number of benzene rings is 1. The molecule has 1 saturated carbocycles. The summed E-state index contributed by atoms with van der Waals surface area (Å²) in [5.41, 5.74) is 0.541. The Morgan fingerprint density at radius 3 is 2.76 bits per heavy atom. The highest BCUT2D eigenvalue weighted by Gasteiger charge is 2.34. The summed E-state index contributed by atoms with van der Waals surface area (Å²) in [6.07, 6.45) is 4.01. The summed E-state index contributed by atoms with van der Waals surface area (Å²) in [4.78, 5) is 14.5. The van der Waals surface area contributed by atoms with Gasteiger partial charge in [0.2, 0.25) is 5.91 Å². The molecule has 114 valence electrons. The minimum absolute atomic E-state index is 0.140. The topological polar surface area (TPSA) is 32.3 Å². The van der Waals surface area contributed by atoms with Gasteiger partial charge in [0.25, 0.3) is 0 Å². The van der Waals surface area contributed by atoms with E-state index in [2.05, 4.69) is 5.32 Å². The van der Waals surface area contributed by atoms with Crippen molar-refractivity contribution in [3.8, 4) is 0 Å². The third kappa shape index (κ3) is 3.22. The summed E-state index contributed by atoms with van der Waals surface area (Å²) in [7, 11) is 0. The van der Waals surface area contributed by atoms with Gasteiger partial charge < -0.3 is 10.2 Å². The Morgan fingerprint density at radius 1 is 1.38 bits per heavy atom. The Bertz CT molecular complexity index is 527. The van der Waals surface area contributed by atoms with Crippen molar-refractivity contribution in [3.63, 3.8) is 0 Å². The Morgan fingerprint density at radius 2 is 2.19 bits per heavy atom. The van der Waals surface area contributed by atoms with Gasteiger partial charge in [-0.25, -0.2) is 4.39 Å². The molecule has 21 heavy (non-hydrogen) atoms. The van der Waals surface area contributed by atoms with Crippen LogP contribution in [0.4, 0.5) is 4.39 Å². The maximum Gasteiger partial charge on any atom is 0.226 e. The Labute approximate surface area is 129 Å². The van der Waals surface area contributed by atoms with Gasteiger partial charge in [0, 0.05) is 35.6 Å². The fourth-order valence-electron chi connectivity index (χ4n) is 3.02. The molecule has 0 bridgehead atoms. The number of amides is 1. The fourth-order valence-corrected chi connectivity index (χ4v) is 3.17. The van der Waals surface area contributed by atoms with E-state index >= 15 is 0 Å². The largest absolute Gasteiger partial charge is 0.334 e. The summed E-state index contributed by atoms with van der Waals surface area (Å²) in [6.45, 7) is 2.06. The standard InChI is InChI=1S/C16H20ClFN2O/c17-13-5-4-12(15(18)8-13)10-20(14-6-7-19-9-14)16(21)11-2-1-3-11/h4-5,8,11,14,19H,1-3,6-7,9-10H2/t14-/m0/s1. The van der Waals surface area contributed by atoms with Crippen molar-refractivity contribution >= 4 is 17.5 Å². The predicted molar refractivity (Wildman–Crippen MR) is 80.6 cm³/mol. The molecule has 1 aromatic rings. The van der Waals surface area contributed by atoms with Crippen LogP contribution in [0.1, 0.15) is 31.2 Å². The quantitative estimate of drug-likeness (QED) is 0.927. The molecule has 2 fully saturated rings. The second-order valence-corrected chi connectivity index (χ2v) is 6.41. The van der Waals surface area contributed by atoms with Gasteiger partial charge in [0.1, 0.15) is 5.82 Å². The lowest BCUT2D eigenvalue weighted by atomic mass is 9.84. The molecule has 0 spiro atoms. The van der Waals surface area contributed by atoms with E-state index < -0.39 is 0 Å². The van der Waals surface area contributed by atoms with Crippen LogP contribution in [0.5, 0.6) is 0 Å². The van der Waals surface area contributed by atoms with E-state index in [1.54, 1.807) is 12.1 Å². The first kappa shape index (κ1) is 14.8. The molecule has 2 aliphatic rings. The molecule has 1 saturated heterocycles. The number of halogens is 2. The molecule has 1 aliphatic heterocycles. The highest BCUT2D eigenvalue weighted by Crippen LogP contribution is 2.30. The Hall–Kier alpha value is -1.13. The summed E-state index contributed by atoms with van der Waals surface area (Å²) in [6, 6.07) is 4.85. The monoisotopic (exact) mass is 310 g/mol. The molecule has 5 heteroatoms. The van der Waals surface area contributed by atoms with E-state index in [4.69, 9.17) is 11.6 Å². The van der Waals surface area contributed by atoms with Crippen LogP contribution in [0.2, 0.25) is 5.02 Å². The Balaban J connectivity index is 1.79. The second kappa shape index (κ2) is 6.32. The van der Waals surface area contributed by atoms with E-state index in [0.29, 0.717) is 17.1 Å². The molecule has 1 amide bonds. The van der Waals surface area contributed by atoms with E-state index in [-0.39, 0.29) is 23.7 Å². The molecule has 1 N–H and O–H groups in total. The molecule has 0 unspecified atom stereocenters. The lowest BCUT2D eigenvalue weighted by Gasteiger charge is -2.35. The molecule has 0 radical (unpaired) electrons. The smallest absolute Gasteiger partial charge is 0.226 e. The number of nitrogens with zero attached hydrogens (tertiary/aromatic N) is 1. The molecular weight excluding hydrogens is 291 g/mol. The van der Waals surface area contributed by atoms with Crippen LogP contribution in [0, 0.1) is 11.7 Å². The SMILES string of the molecule is O=C(C1CCC1)N(Cc1ccc(Cl)cc1F)[C@H]1CCNC1. The fraction of sp³-hybridized carbons (Fsp3) is 0.562. The number of carbonyl (C=O) groups is 1. The normalized spacial score (nSPS) is 22.1. The summed E-state index contributed by atoms with van der Waals surface area (Å²) >= 11 is 5.79. The number of rotatable bonds is 4. The zero-order valence-corrected chi connectivity index (χ0v) is 12.7. The van der Waals surface area contributed by atoms with Crippen LogP contribution in [-0.4, -0.2) is 29.9 Å². The van der Waals surface area contributed by atoms with Crippen LogP contribution in [0.25, 0.3) is 0 Å². The molecular formula is C16H20ClFN2O. The summed E-state index contributed by atoms with van der Waals surface area (Å²) < 4.78 is 14.0. The van der Waals surface area contributed by atoms with Gasteiger partial charge in [-0.2, -0.15) is 0 Å². The van der Waals surface area contributed by atoms with Gasteiger partial charge in [-0.15, -0.1) is 0 Å². The average Bonchev–Trinajstić information content (AvgIpc) is 2.89. The van der Waals surface area contributed by atoms with Crippen molar-refractivity contribution in [2.75, 3.05) is 13.1 Å². The molecule has 1 heterocycles. The predicted octanol–water partition coefficient (Wildman–Crippen LogP) is 2.97. The summed E-state index contributed by atoms with van der Waals surface area (Å²) in [5.74, 6) is -0.00914. The average molecular weight is 311 g/mol. The third-order valence-electron chi connectivity index (χ3n) is 4.57. The molecule has 3 rings (SSSR count). The minimum Gasteiger partial charge on any atom is -0.334 e. The number of nitrogens with one attached hydrogen (secondary N) is 1. The van der Waals surface area contributed by atoms with E-state index in [0.717, 1.165) is 38.8 Å². The highest BCUT2D eigenvalue weighted by atomic mass is 35.5. The lowest BCUT2D eigenvalue weighted by Crippen LogP contribution is -2.45. The minimum atomic E-state index is -0.333. The van der Waals surface area contributed by atoms with E-state index in [9.17, 15) is 9.18 Å². The molecule has 3 nitrogen and oxygen atoms in total. The molecule has 0 aromatic heterocycles. The van der Waals surface area contributed by atoms with Crippen molar-refractivity contribution in [2.45, 2.75) is 38.3 Å². The number of hydrogen-bond donors (Lipinski definition) is 1. The van der Waals surface area contributed by atoms with Crippen LogP contribution in [-0.2, 0) is 11.3 Å². The van der Waals surface area contributed by atoms with Crippen molar-refractivity contribution in [1.82, 2.24) is 10.2 Å². The molecule has 1 aromatic carbocycles. The van der Waals surface area contributed by atoms with Gasteiger partial charge in [-0.05, 0) is 37.9 Å². The van der Waals surface area contributed by atoms with E-state index in [1.165, 1.54) is 6.07 Å². The Kier molecular flexibility index (Phi) is 4.45. The maximum absolute atomic E-state index is 14.0. The van der Waals surface area contributed by atoms with Crippen LogP contribution in [0.15, 0.2) is 18.2 Å². The van der Waals surface area contributed by atoms with E-state index in [1.807, 2.05) is 4.90 Å². The highest BCUT2D eigenvalue weighted by molar-refractivity contribution is 6.30. The first-order valence-electron chi connectivity index (χ1n) is 7.60. The van der Waals surface area contributed by atoms with Crippen LogP contribution >= 0.6 is 11.6 Å². The van der Waals surface area contributed by atoms with Crippen molar-refractivity contribution in [3.05, 3.63) is 34.6 Å². The van der Waals surface area contributed by atoms with Gasteiger partial charge in [-0.3, -0.25) is 4.79 Å². The van der Waals surface area contributed by atoms with Crippen LogP contribution in [0.3, 0.4) is 0 Å². The zero-order chi connectivity index (χ0) is 14.8.